The van der Waals surface area contributed by atoms with E-state index in [0.717, 1.165) is 21.3 Å². The molecule has 0 bridgehead atoms. The fourth-order valence-corrected chi connectivity index (χ4v) is 3.65. The molecule has 174 valence electrons. The molecule has 3 N–H and O–H groups in total. The van der Waals surface area contributed by atoms with Crippen LogP contribution in [0.3, 0.4) is 0 Å². The number of carbonyl (C=O) groups excluding carboxylic acids is 2. The van der Waals surface area contributed by atoms with Crippen molar-refractivity contribution >= 4 is 28.4 Å². The summed E-state index contributed by atoms with van der Waals surface area (Å²) in [5, 5.41) is 7.32. The highest BCUT2D eigenvalue weighted by molar-refractivity contribution is 6.05. The molecule has 0 spiro atoms. The number of carbonyl (C=O) groups is 2. The van der Waals surface area contributed by atoms with Crippen molar-refractivity contribution in [3.05, 3.63) is 95.6 Å². The summed E-state index contributed by atoms with van der Waals surface area (Å²) in [7, 11) is 0. The lowest BCUT2D eigenvalue weighted by Gasteiger charge is -2.23. The number of amides is 3. The first-order chi connectivity index (χ1) is 16.1. The summed E-state index contributed by atoms with van der Waals surface area (Å²) in [6, 6.07) is 19.8. The van der Waals surface area contributed by atoms with Crippen LogP contribution in [0, 0.1) is 5.82 Å². The predicted molar refractivity (Wildman–Crippen MR) is 130 cm³/mol. The highest BCUT2D eigenvalue weighted by Gasteiger charge is 2.26. The summed E-state index contributed by atoms with van der Waals surface area (Å²) in [5.74, 6) is -0.887. The fraction of sp³-hybridized carbons (Fsp3) is 0.192. The number of nitrogens with two attached hydrogens (primary N) is 1. The second-order valence-corrected chi connectivity index (χ2v) is 9.06. The number of anilines is 1. The number of urea groups is 1. The molecule has 0 aliphatic heterocycles. The minimum absolute atomic E-state index is 0.251. The molecule has 3 amide bonds. The van der Waals surface area contributed by atoms with Gasteiger partial charge in [-0.3, -0.25) is 14.9 Å². The highest BCUT2D eigenvalue weighted by Crippen LogP contribution is 2.26. The van der Waals surface area contributed by atoms with Crippen LogP contribution in [0.5, 0.6) is 0 Å². The van der Waals surface area contributed by atoms with Gasteiger partial charge in [0.1, 0.15) is 11.5 Å². The molecule has 7 nitrogen and oxygen atoms in total. The van der Waals surface area contributed by atoms with Gasteiger partial charge in [-0.1, -0.05) is 69.3 Å². The van der Waals surface area contributed by atoms with Gasteiger partial charge in [-0.05, 0) is 35.2 Å². The number of fused-ring (bicyclic) bond motifs is 1. The maximum absolute atomic E-state index is 13.4. The van der Waals surface area contributed by atoms with E-state index in [1.807, 2.05) is 51.1 Å². The van der Waals surface area contributed by atoms with E-state index in [1.165, 1.54) is 12.1 Å². The van der Waals surface area contributed by atoms with Gasteiger partial charge in [-0.2, -0.15) is 5.10 Å². The van der Waals surface area contributed by atoms with Crippen LogP contribution >= 0.6 is 0 Å². The molecule has 8 heteroatoms. The third kappa shape index (κ3) is 4.76. The number of primary amides is 1. The number of nitrogens with zero attached hydrogens (tertiary/aromatic N) is 3. The molecule has 1 aromatic heterocycles. The molecular weight excluding hydrogens is 433 g/mol. The molecule has 0 saturated carbocycles. The number of hydrogen-bond donors (Lipinski definition) is 2. The van der Waals surface area contributed by atoms with Crippen molar-refractivity contribution < 1.29 is 14.0 Å². The van der Waals surface area contributed by atoms with E-state index in [-0.39, 0.29) is 23.5 Å². The number of aromatic nitrogens is 2. The zero-order valence-electron chi connectivity index (χ0n) is 19.2. The Morgan fingerprint density at radius 2 is 1.71 bits per heavy atom. The van der Waals surface area contributed by atoms with Gasteiger partial charge in [-0.25, -0.2) is 14.2 Å². The third-order valence-corrected chi connectivity index (χ3v) is 5.47. The summed E-state index contributed by atoms with van der Waals surface area (Å²) in [4.78, 5) is 25.8. The summed E-state index contributed by atoms with van der Waals surface area (Å²) in [6.07, 6.45) is 0. The largest absolute Gasteiger partial charge is 0.350 e. The quantitative estimate of drug-likeness (QED) is 0.431. The number of rotatable bonds is 4. The van der Waals surface area contributed by atoms with E-state index in [9.17, 15) is 14.0 Å². The molecular formula is C26H26FN5O2. The van der Waals surface area contributed by atoms with E-state index < -0.39 is 11.9 Å². The summed E-state index contributed by atoms with van der Waals surface area (Å²) >= 11 is 0. The van der Waals surface area contributed by atoms with Crippen LogP contribution in [0.1, 0.15) is 42.5 Å². The number of benzene rings is 3. The van der Waals surface area contributed by atoms with Gasteiger partial charge in [0.2, 0.25) is 0 Å². The number of nitrogens with one attached hydrogen (secondary N) is 1. The van der Waals surface area contributed by atoms with Crippen LogP contribution in [0.2, 0.25) is 0 Å². The Hall–Kier alpha value is -4.20. The SMILES string of the molecule is CC(C)(C)c1cc(C(=O)NN(C(N)=O)c2cccc3ccccc23)n(Cc2ccc(F)cc2)n1. The lowest BCUT2D eigenvalue weighted by atomic mass is 9.92. The molecule has 0 radical (unpaired) electrons. The van der Waals surface area contributed by atoms with Crippen LogP contribution in [0.15, 0.2) is 72.8 Å². The van der Waals surface area contributed by atoms with Gasteiger partial charge in [0.15, 0.2) is 0 Å². The van der Waals surface area contributed by atoms with Gasteiger partial charge in [0.05, 0.1) is 17.9 Å². The molecule has 0 aliphatic rings. The first-order valence-corrected chi connectivity index (χ1v) is 10.8. The number of halogens is 1. The minimum atomic E-state index is -0.828. The lowest BCUT2D eigenvalue weighted by molar-refractivity contribution is 0.0940. The van der Waals surface area contributed by atoms with Crippen molar-refractivity contribution in [2.24, 2.45) is 5.73 Å². The van der Waals surface area contributed by atoms with E-state index in [0.29, 0.717) is 11.4 Å². The van der Waals surface area contributed by atoms with Crippen molar-refractivity contribution in [1.29, 1.82) is 0 Å². The fourth-order valence-electron chi connectivity index (χ4n) is 3.65. The third-order valence-electron chi connectivity index (χ3n) is 5.47. The molecule has 34 heavy (non-hydrogen) atoms. The van der Waals surface area contributed by atoms with Crippen molar-refractivity contribution in [2.45, 2.75) is 32.7 Å². The Balaban J connectivity index is 1.71. The van der Waals surface area contributed by atoms with Crippen LogP contribution < -0.4 is 16.2 Å². The molecule has 3 aromatic carbocycles. The molecule has 4 rings (SSSR count). The summed E-state index contributed by atoms with van der Waals surface area (Å²) in [6.45, 7) is 6.23. The Bertz CT molecular complexity index is 1350. The highest BCUT2D eigenvalue weighted by atomic mass is 19.1. The Kier molecular flexibility index (Phi) is 6.06. The van der Waals surface area contributed by atoms with Gasteiger partial charge in [-0.15, -0.1) is 0 Å². The van der Waals surface area contributed by atoms with Gasteiger partial charge in [0.25, 0.3) is 5.91 Å². The van der Waals surface area contributed by atoms with E-state index in [4.69, 9.17) is 5.73 Å². The standard InChI is InChI=1S/C26H26FN5O2/c1-26(2,3)23-15-22(31(29-23)16-17-11-13-19(27)14-12-17)24(33)30-32(25(28)34)21-10-6-8-18-7-4-5-9-20(18)21/h4-15H,16H2,1-3H3,(H2,28,34)(H,30,33). The van der Waals surface area contributed by atoms with Gasteiger partial charge in [0, 0.05) is 10.8 Å². The topological polar surface area (TPSA) is 93.3 Å². The maximum Gasteiger partial charge on any atom is 0.338 e. The molecule has 1 heterocycles. The Labute approximate surface area is 196 Å². The van der Waals surface area contributed by atoms with Crippen molar-refractivity contribution in [3.8, 4) is 0 Å². The Morgan fingerprint density at radius 3 is 2.38 bits per heavy atom. The first-order valence-electron chi connectivity index (χ1n) is 10.8. The van der Waals surface area contributed by atoms with Crippen molar-refractivity contribution in [1.82, 2.24) is 15.2 Å². The van der Waals surface area contributed by atoms with Crippen LogP contribution in [0.4, 0.5) is 14.9 Å². The lowest BCUT2D eigenvalue weighted by Crippen LogP contribution is -2.49. The van der Waals surface area contributed by atoms with Crippen LogP contribution in [-0.4, -0.2) is 21.7 Å². The number of hydrazine groups is 1. The minimum Gasteiger partial charge on any atom is -0.350 e. The van der Waals surface area contributed by atoms with Gasteiger partial charge >= 0.3 is 6.03 Å². The molecule has 0 atom stereocenters. The van der Waals surface area contributed by atoms with Crippen LogP contribution in [0.25, 0.3) is 10.8 Å². The van der Waals surface area contributed by atoms with E-state index in [2.05, 4.69) is 10.5 Å². The van der Waals surface area contributed by atoms with Crippen molar-refractivity contribution in [2.75, 3.05) is 5.01 Å². The van der Waals surface area contributed by atoms with E-state index >= 15 is 0 Å². The Morgan fingerprint density at radius 1 is 1.03 bits per heavy atom. The predicted octanol–water partition coefficient (Wildman–Crippen LogP) is 4.75. The normalized spacial score (nSPS) is 11.4. The first kappa shape index (κ1) is 23.0. The summed E-state index contributed by atoms with van der Waals surface area (Å²) in [5.41, 5.74) is 10.2. The average Bonchev–Trinajstić information content (AvgIpc) is 3.23. The molecule has 0 unspecified atom stereocenters. The van der Waals surface area contributed by atoms with Crippen molar-refractivity contribution in [3.63, 3.8) is 0 Å². The molecule has 0 aliphatic carbocycles. The second-order valence-electron chi connectivity index (χ2n) is 9.06. The smallest absolute Gasteiger partial charge is 0.338 e. The van der Waals surface area contributed by atoms with Gasteiger partial charge < -0.3 is 5.73 Å². The molecule has 0 saturated heterocycles. The molecule has 4 aromatic rings. The summed E-state index contributed by atoms with van der Waals surface area (Å²) < 4.78 is 14.9. The maximum atomic E-state index is 13.4. The van der Waals surface area contributed by atoms with E-state index in [1.54, 1.807) is 35.0 Å². The average molecular weight is 460 g/mol. The number of hydrogen-bond acceptors (Lipinski definition) is 3. The zero-order valence-corrected chi connectivity index (χ0v) is 19.2. The zero-order chi connectivity index (χ0) is 24.5. The molecule has 0 fully saturated rings. The van der Waals surface area contributed by atoms with Crippen LogP contribution in [-0.2, 0) is 12.0 Å². The monoisotopic (exact) mass is 459 g/mol. The second kappa shape index (κ2) is 8.97.